The van der Waals surface area contributed by atoms with Crippen LogP contribution in [0.2, 0.25) is 0 Å². The highest BCUT2D eigenvalue weighted by Crippen LogP contribution is 2.38. The fraction of sp³-hybridized carbons (Fsp3) is 0.929. The first-order valence-corrected chi connectivity index (χ1v) is 7.25. The Morgan fingerprint density at radius 2 is 2.00 bits per heavy atom. The van der Waals surface area contributed by atoms with E-state index in [4.69, 9.17) is 5.73 Å². The molecule has 1 amide bonds. The molecule has 18 heavy (non-hydrogen) atoms. The van der Waals surface area contributed by atoms with Crippen molar-refractivity contribution in [3.63, 3.8) is 0 Å². The van der Waals surface area contributed by atoms with Gasteiger partial charge in [-0.3, -0.25) is 4.79 Å². The van der Waals surface area contributed by atoms with Gasteiger partial charge in [0.1, 0.15) is 0 Å². The van der Waals surface area contributed by atoms with Gasteiger partial charge in [0, 0.05) is 25.7 Å². The van der Waals surface area contributed by atoms with Gasteiger partial charge in [0.05, 0.1) is 5.41 Å². The van der Waals surface area contributed by atoms with E-state index in [0.717, 1.165) is 45.2 Å². The lowest BCUT2D eigenvalue weighted by atomic mass is 9.73. The van der Waals surface area contributed by atoms with E-state index in [2.05, 4.69) is 23.9 Å². The summed E-state index contributed by atoms with van der Waals surface area (Å²) in [5.74, 6) is 0.328. The molecule has 1 saturated heterocycles. The normalized spacial score (nSPS) is 27.8. The molecule has 0 aromatic rings. The number of likely N-dealkylation sites (N-methyl/N-ethyl adjacent to an activating group) is 1. The highest BCUT2D eigenvalue weighted by atomic mass is 16.2. The molecule has 4 heteroatoms. The average Bonchev–Trinajstić information content (AvgIpc) is 2.88. The van der Waals surface area contributed by atoms with E-state index in [9.17, 15) is 4.79 Å². The van der Waals surface area contributed by atoms with Crippen LogP contribution in [0.1, 0.15) is 38.5 Å². The second kappa shape index (κ2) is 5.57. The summed E-state index contributed by atoms with van der Waals surface area (Å²) in [7, 11) is 4.19. The summed E-state index contributed by atoms with van der Waals surface area (Å²) in [4.78, 5) is 17.0. The van der Waals surface area contributed by atoms with Crippen molar-refractivity contribution in [3.8, 4) is 0 Å². The molecule has 0 radical (unpaired) electrons. The van der Waals surface area contributed by atoms with Crippen LogP contribution in [-0.4, -0.2) is 55.5 Å². The SMILES string of the molecule is CN(C)C1CCN(C(=O)C2(CN)CCCCC2)C1. The first-order chi connectivity index (χ1) is 8.59. The molecule has 4 nitrogen and oxygen atoms in total. The summed E-state index contributed by atoms with van der Waals surface area (Å²) in [5.41, 5.74) is 5.71. The summed E-state index contributed by atoms with van der Waals surface area (Å²) < 4.78 is 0. The fourth-order valence-electron chi connectivity index (χ4n) is 3.42. The molecule has 1 unspecified atom stereocenters. The van der Waals surface area contributed by atoms with Crippen LogP contribution < -0.4 is 5.73 Å². The third-order valence-electron chi connectivity index (χ3n) is 4.84. The molecular formula is C14H27N3O. The van der Waals surface area contributed by atoms with Crippen molar-refractivity contribution in [2.24, 2.45) is 11.1 Å². The van der Waals surface area contributed by atoms with Crippen molar-refractivity contribution in [1.29, 1.82) is 0 Å². The van der Waals surface area contributed by atoms with Crippen molar-refractivity contribution < 1.29 is 4.79 Å². The Morgan fingerprint density at radius 1 is 1.33 bits per heavy atom. The zero-order valence-electron chi connectivity index (χ0n) is 11.8. The van der Waals surface area contributed by atoms with E-state index in [1.807, 2.05) is 0 Å². The summed E-state index contributed by atoms with van der Waals surface area (Å²) in [5, 5.41) is 0. The zero-order valence-corrected chi connectivity index (χ0v) is 11.8. The van der Waals surface area contributed by atoms with Crippen LogP contribution >= 0.6 is 0 Å². The summed E-state index contributed by atoms with van der Waals surface area (Å²) in [6.45, 7) is 2.31. The minimum atomic E-state index is -0.237. The predicted molar refractivity (Wildman–Crippen MR) is 73.2 cm³/mol. The molecule has 104 valence electrons. The molecule has 0 aromatic heterocycles. The number of likely N-dealkylation sites (tertiary alicyclic amines) is 1. The van der Waals surface area contributed by atoms with Gasteiger partial charge in [0.2, 0.25) is 5.91 Å². The maximum Gasteiger partial charge on any atom is 0.230 e. The largest absolute Gasteiger partial charge is 0.341 e. The van der Waals surface area contributed by atoms with Gasteiger partial charge in [-0.2, -0.15) is 0 Å². The monoisotopic (exact) mass is 253 g/mol. The van der Waals surface area contributed by atoms with Crippen LogP contribution in [-0.2, 0) is 4.79 Å². The highest BCUT2D eigenvalue weighted by molar-refractivity contribution is 5.83. The lowest BCUT2D eigenvalue weighted by Gasteiger charge is -2.38. The molecule has 0 bridgehead atoms. The molecule has 2 aliphatic rings. The number of nitrogens with two attached hydrogens (primary N) is 1. The van der Waals surface area contributed by atoms with Crippen molar-refractivity contribution >= 4 is 5.91 Å². The second-order valence-electron chi connectivity index (χ2n) is 6.20. The molecule has 1 aliphatic heterocycles. The number of hydrogen-bond acceptors (Lipinski definition) is 3. The van der Waals surface area contributed by atoms with Gasteiger partial charge in [-0.25, -0.2) is 0 Å². The van der Waals surface area contributed by atoms with Gasteiger partial charge in [-0.1, -0.05) is 19.3 Å². The second-order valence-corrected chi connectivity index (χ2v) is 6.20. The Kier molecular flexibility index (Phi) is 4.28. The summed E-state index contributed by atoms with van der Waals surface area (Å²) >= 11 is 0. The van der Waals surface area contributed by atoms with Gasteiger partial charge in [0.15, 0.2) is 0 Å². The quantitative estimate of drug-likeness (QED) is 0.818. The Bertz CT molecular complexity index is 297. The molecule has 2 N–H and O–H groups in total. The predicted octanol–water partition coefficient (Wildman–Crippen LogP) is 1.06. The van der Waals surface area contributed by atoms with Crippen molar-refractivity contribution in [3.05, 3.63) is 0 Å². The Labute approximate surface area is 110 Å². The van der Waals surface area contributed by atoms with Crippen LogP contribution in [0.3, 0.4) is 0 Å². The lowest BCUT2D eigenvalue weighted by molar-refractivity contribution is -0.142. The van der Waals surface area contributed by atoms with E-state index < -0.39 is 0 Å². The zero-order chi connectivity index (χ0) is 13.2. The van der Waals surface area contributed by atoms with Gasteiger partial charge >= 0.3 is 0 Å². The van der Waals surface area contributed by atoms with Crippen LogP contribution in [0, 0.1) is 5.41 Å². The van der Waals surface area contributed by atoms with E-state index in [1.54, 1.807) is 0 Å². The first-order valence-electron chi connectivity index (χ1n) is 7.25. The molecule has 2 fully saturated rings. The Balaban J connectivity index is 2.02. The maximum atomic E-state index is 12.7. The van der Waals surface area contributed by atoms with Crippen molar-refractivity contribution in [2.75, 3.05) is 33.7 Å². The minimum Gasteiger partial charge on any atom is -0.341 e. The number of carbonyl (C=O) groups excluding carboxylic acids is 1. The minimum absolute atomic E-state index is 0.237. The third-order valence-corrected chi connectivity index (χ3v) is 4.84. The third kappa shape index (κ3) is 2.54. The Hall–Kier alpha value is -0.610. The molecule has 1 saturated carbocycles. The number of hydrogen-bond donors (Lipinski definition) is 1. The van der Waals surface area contributed by atoms with Gasteiger partial charge in [0.25, 0.3) is 0 Å². The standard InChI is InChI=1S/C14H27N3O/c1-16(2)12-6-9-17(10-12)13(18)14(11-15)7-4-3-5-8-14/h12H,3-11,15H2,1-2H3. The molecule has 1 atom stereocenters. The summed E-state index contributed by atoms with van der Waals surface area (Å²) in [6.07, 6.45) is 6.66. The van der Waals surface area contributed by atoms with Crippen molar-refractivity contribution in [2.45, 2.75) is 44.6 Å². The van der Waals surface area contributed by atoms with Crippen LogP contribution in [0.15, 0.2) is 0 Å². The average molecular weight is 253 g/mol. The number of nitrogens with zero attached hydrogens (tertiary/aromatic N) is 2. The molecule has 2 rings (SSSR count). The highest BCUT2D eigenvalue weighted by Gasteiger charge is 2.42. The van der Waals surface area contributed by atoms with Crippen LogP contribution in [0.4, 0.5) is 0 Å². The summed E-state index contributed by atoms with van der Waals surface area (Å²) in [6, 6.07) is 0.521. The molecule has 0 spiro atoms. The lowest BCUT2D eigenvalue weighted by Crippen LogP contribution is -2.49. The van der Waals surface area contributed by atoms with Crippen LogP contribution in [0.25, 0.3) is 0 Å². The number of carbonyl (C=O) groups is 1. The van der Waals surface area contributed by atoms with E-state index in [0.29, 0.717) is 18.5 Å². The van der Waals surface area contributed by atoms with E-state index in [1.165, 1.54) is 6.42 Å². The first kappa shape index (κ1) is 13.8. The molecule has 1 heterocycles. The molecule has 1 aliphatic carbocycles. The maximum absolute atomic E-state index is 12.7. The van der Waals surface area contributed by atoms with Gasteiger partial charge < -0.3 is 15.5 Å². The van der Waals surface area contributed by atoms with Gasteiger partial charge in [-0.05, 0) is 33.4 Å². The van der Waals surface area contributed by atoms with E-state index >= 15 is 0 Å². The smallest absolute Gasteiger partial charge is 0.230 e. The molecular weight excluding hydrogens is 226 g/mol. The fourth-order valence-corrected chi connectivity index (χ4v) is 3.42. The molecule has 0 aromatic carbocycles. The number of amides is 1. The van der Waals surface area contributed by atoms with Crippen molar-refractivity contribution in [1.82, 2.24) is 9.80 Å². The Morgan fingerprint density at radius 3 is 2.50 bits per heavy atom. The topological polar surface area (TPSA) is 49.6 Å². The van der Waals surface area contributed by atoms with Crippen LogP contribution in [0.5, 0.6) is 0 Å². The number of rotatable bonds is 3. The van der Waals surface area contributed by atoms with E-state index in [-0.39, 0.29) is 5.41 Å². The van der Waals surface area contributed by atoms with Gasteiger partial charge in [-0.15, -0.1) is 0 Å².